The number of benzene rings is 1. The normalized spacial score (nSPS) is 17.4. The molecule has 7 heteroatoms. The second-order valence-electron chi connectivity index (χ2n) is 8.55. The van der Waals surface area contributed by atoms with Crippen LogP contribution in [0.25, 0.3) is 22.6 Å². The Labute approximate surface area is 190 Å². The van der Waals surface area contributed by atoms with Crippen LogP contribution in [0.4, 0.5) is 10.3 Å². The summed E-state index contributed by atoms with van der Waals surface area (Å²) in [5, 5.41) is 3.22. The van der Waals surface area contributed by atoms with Crippen LogP contribution in [0.1, 0.15) is 65.8 Å². The summed E-state index contributed by atoms with van der Waals surface area (Å²) < 4.78 is 19.6. The van der Waals surface area contributed by atoms with E-state index in [1.165, 1.54) is 12.1 Å². The maximum absolute atomic E-state index is 13.5. The molecule has 3 aromatic rings. The van der Waals surface area contributed by atoms with Crippen LogP contribution in [-0.4, -0.2) is 33.1 Å². The molecule has 172 valence electrons. The summed E-state index contributed by atoms with van der Waals surface area (Å²) in [5.74, 6) is 1.08. The Hall–Kier alpha value is -2.80. The van der Waals surface area contributed by atoms with Crippen molar-refractivity contribution in [1.29, 1.82) is 0 Å². The first-order valence-electron chi connectivity index (χ1n) is 11.5. The van der Waals surface area contributed by atoms with E-state index in [9.17, 15) is 4.39 Å². The quantitative estimate of drug-likeness (QED) is 0.465. The number of aromatic amines is 1. The van der Waals surface area contributed by atoms with Gasteiger partial charge in [0, 0.05) is 18.3 Å². The van der Waals surface area contributed by atoms with E-state index >= 15 is 0 Å². The van der Waals surface area contributed by atoms with Gasteiger partial charge in [0.05, 0.1) is 23.7 Å². The van der Waals surface area contributed by atoms with Crippen molar-refractivity contribution in [2.75, 3.05) is 18.5 Å². The third-order valence-corrected chi connectivity index (χ3v) is 5.35. The molecule has 1 saturated heterocycles. The standard InChI is InChI=1S/C23H28FN5O.C2H6/c1-4-12-25-22-26-13-10-17(27-22)20-19(15-5-7-16(24)8-6-15)28-21(29-20)18-9-11-23(2,3)14-30-18;1-2/h5-8,10,13,18H,4,9,11-12,14H2,1-3H3,(H,28,29)(H,25,26,27);1-2H3. The molecule has 4 rings (SSSR count). The number of aromatic nitrogens is 4. The van der Waals surface area contributed by atoms with Crippen LogP contribution in [0.5, 0.6) is 0 Å². The molecule has 1 unspecified atom stereocenters. The van der Waals surface area contributed by atoms with Gasteiger partial charge in [-0.15, -0.1) is 0 Å². The highest BCUT2D eigenvalue weighted by atomic mass is 19.1. The Bertz CT molecular complexity index is 990. The average Bonchev–Trinajstić information content (AvgIpc) is 3.25. The predicted molar refractivity (Wildman–Crippen MR) is 127 cm³/mol. The van der Waals surface area contributed by atoms with Crippen LogP contribution in [0.15, 0.2) is 36.5 Å². The van der Waals surface area contributed by atoms with E-state index in [1.54, 1.807) is 18.3 Å². The summed E-state index contributed by atoms with van der Waals surface area (Å²) >= 11 is 0. The lowest BCUT2D eigenvalue weighted by Gasteiger charge is -2.33. The van der Waals surface area contributed by atoms with Crippen molar-refractivity contribution in [2.45, 2.75) is 60.0 Å². The van der Waals surface area contributed by atoms with Crippen LogP contribution < -0.4 is 5.32 Å². The number of anilines is 1. The highest BCUT2D eigenvalue weighted by Crippen LogP contribution is 2.38. The van der Waals surface area contributed by atoms with E-state index in [4.69, 9.17) is 9.72 Å². The lowest BCUT2D eigenvalue weighted by Crippen LogP contribution is -2.27. The maximum Gasteiger partial charge on any atom is 0.223 e. The molecule has 1 aromatic carbocycles. The molecule has 2 aromatic heterocycles. The van der Waals surface area contributed by atoms with Gasteiger partial charge in [-0.1, -0.05) is 34.6 Å². The number of imidazole rings is 1. The van der Waals surface area contributed by atoms with Gasteiger partial charge in [0.2, 0.25) is 5.95 Å². The number of hydrogen-bond acceptors (Lipinski definition) is 5. The Morgan fingerprint density at radius 1 is 1.16 bits per heavy atom. The van der Waals surface area contributed by atoms with Gasteiger partial charge in [0.1, 0.15) is 17.7 Å². The summed E-state index contributed by atoms with van der Waals surface area (Å²) in [4.78, 5) is 17.3. The second kappa shape index (κ2) is 10.7. The average molecular weight is 440 g/mol. The summed E-state index contributed by atoms with van der Waals surface area (Å²) in [6.07, 6.45) is 4.59. The minimum Gasteiger partial charge on any atom is -0.370 e. The van der Waals surface area contributed by atoms with E-state index in [1.807, 2.05) is 19.9 Å². The van der Waals surface area contributed by atoms with E-state index in [0.29, 0.717) is 12.6 Å². The molecule has 0 saturated carbocycles. The van der Waals surface area contributed by atoms with Gasteiger partial charge in [-0.25, -0.2) is 19.3 Å². The van der Waals surface area contributed by atoms with E-state index < -0.39 is 0 Å². The van der Waals surface area contributed by atoms with Crippen molar-refractivity contribution in [1.82, 2.24) is 19.9 Å². The highest BCUT2D eigenvalue weighted by Gasteiger charge is 2.31. The molecule has 1 aliphatic rings. The van der Waals surface area contributed by atoms with Gasteiger partial charge in [-0.05, 0) is 55.0 Å². The first kappa shape index (κ1) is 23.9. The van der Waals surface area contributed by atoms with Crippen LogP contribution in [0.3, 0.4) is 0 Å². The van der Waals surface area contributed by atoms with Crippen molar-refractivity contribution in [3.63, 3.8) is 0 Å². The number of halogens is 1. The zero-order chi connectivity index (χ0) is 23.1. The van der Waals surface area contributed by atoms with Crippen molar-refractivity contribution >= 4 is 5.95 Å². The number of nitrogens with zero attached hydrogens (tertiary/aromatic N) is 3. The van der Waals surface area contributed by atoms with E-state index in [-0.39, 0.29) is 17.3 Å². The van der Waals surface area contributed by atoms with E-state index in [2.05, 4.69) is 41.0 Å². The van der Waals surface area contributed by atoms with Gasteiger partial charge >= 0.3 is 0 Å². The lowest BCUT2D eigenvalue weighted by molar-refractivity contribution is -0.0533. The zero-order valence-electron chi connectivity index (χ0n) is 19.7. The van der Waals surface area contributed by atoms with Crippen LogP contribution in [0.2, 0.25) is 0 Å². The fourth-order valence-electron chi connectivity index (χ4n) is 3.59. The summed E-state index contributed by atoms with van der Waals surface area (Å²) in [5.41, 5.74) is 3.26. The number of H-pyrrole nitrogens is 1. The third kappa shape index (κ3) is 5.71. The monoisotopic (exact) mass is 439 g/mol. The molecular formula is C25H34FN5O. The Morgan fingerprint density at radius 2 is 1.91 bits per heavy atom. The SMILES string of the molecule is CC.CCCNc1nccc(-c2[nH]c(C3CCC(C)(C)CO3)nc2-c2ccc(F)cc2)n1. The molecule has 0 spiro atoms. The molecule has 3 heterocycles. The minimum atomic E-state index is -0.276. The largest absolute Gasteiger partial charge is 0.370 e. The fourth-order valence-corrected chi connectivity index (χ4v) is 3.59. The number of rotatable bonds is 6. The number of ether oxygens (including phenoxy) is 1. The molecule has 1 atom stereocenters. The third-order valence-electron chi connectivity index (χ3n) is 5.35. The van der Waals surface area contributed by atoms with Crippen molar-refractivity contribution in [3.8, 4) is 22.6 Å². The molecule has 6 nitrogen and oxygen atoms in total. The van der Waals surface area contributed by atoms with Gasteiger partial charge in [-0.3, -0.25) is 0 Å². The zero-order valence-corrected chi connectivity index (χ0v) is 19.7. The molecule has 1 aliphatic heterocycles. The summed E-state index contributed by atoms with van der Waals surface area (Å²) in [6, 6.07) is 8.22. The first-order chi connectivity index (χ1) is 15.4. The van der Waals surface area contributed by atoms with Crippen molar-refractivity contribution in [2.24, 2.45) is 5.41 Å². The molecular weight excluding hydrogens is 405 g/mol. The minimum absolute atomic E-state index is 0.0921. The molecule has 1 fully saturated rings. The Balaban J connectivity index is 0.00000141. The van der Waals surface area contributed by atoms with Crippen LogP contribution in [0, 0.1) is 11.2 Å². The highest BCUT2D eigenvalue weighted by molar-refractivity contribution is 5.77. The predicted octanol–water partition coefficient (Wildman–Crippen LogP) is 6.40. The molecule has 2 N–H and O–H groups in total. The van der Waals surface area contributed by atoms with Crippen LogP contribution >= 0.6 is 0 Å². The second-order valence-corrected chi connectivity index (χ2v) is 8.55. The topological polar surface area (TPSA) is 75.7 Å². The molecule has 0 amide bonds. The lowest BCUT2D eigenvalue weighted by atomic mass is 9.85. The molecule has 0 bridgehead atoms. The van der Waals surface area contributed by atoms with Gasteiger partial charge < -0.3 is 15.0 Å². The fraction of sp³-hybridized carbons (Fsp3) is 0.480. The molecule has 0 aliphatic carbocycles. The smallest absolute Gasteiger partial charge is 0.223 e. The van der Waals surface area contributed by atoms with Crippen LogP contribution in [-0.2, 0) is 4.74 Å². The van der Waals surface area contributed by atoms with Gasteiger partial charge in [0.25, 0.3) is 0 Å². The maximum atomic E-state index is 13.5. The summed E-state index contributed by atoms with van der Waals surface area (Å²) in [6.45, 7) is 12.0. The number of hydrogen-bond donors (Lipinski definition) is 2. The van der Waals surface area contributed by atoms with Crippen molar-refractivity contribution < 1.29 is 9.13 Å². The van der Waals surface area contributed by atoms with Crippen molar-refractivity contribution in [3.05, 3.63) is 48.2 Å². The summed E-state index contributed by atoms with van der Waals surface area (Å²) in [7, 11) is 0. The van der Waals surface area contributed by atoms with E-state index in [0.717, 1.165) is 54.3 Å². The Kier molecular flexibility index (Phi) is 7.96. The Morgan fingerprint density at radius 3 is 2.56 bits per heavy atom. The van der Waals surface area contributed by atoms with Gasteiger partial charge in [-0.2, -0.15) is 0 Å². The van der Waals surface area contributed by atoms with Gasteiger partial charge in [0.15, 0.2) is 0 Å². The number of nitrogens with one attached hydrogen (secondary N) is 2. The molecule has 32 heavy (non-hydrogen) atoms. The molecule has 0 radical (unpaired) electrons. The first-order valence-corrected chi connectivity index (χ1v) is 11.5.